The third-order valence-corrected chi connectivity index (χ3v) is 4.24. The van der Waals surface area contributed by atoms with E-state index in [1.165, 1.54) is 16.7 Å². The van der Waals surface area contributed by atoms with Gasteiger partial charge in [-0.25, -0.2) is 0 Å². The minimum atomic E-state index is 0.202. The maximum atomic E-state index is 3.64. The molecule has 0 saturated heterocycles. The molecule has 0 aliphatic carbocycles. The second-order valence-corrected chi connectivity index (χ2v) is 6.01. The second-order valence-electron chi connectivity index (χ2n) is 4.24. The molecule has 0 bridgehead atoms. The fraction of sp³-hybridized carbons (Fsp3) is 0.200. The lowest BCUT2D eigenvalue weighted by molar-refractivity contribution is 0.684. The van der Waals surface area contributed by atoms with Gasteiger partial charge in [-0.05, 0) is 42.8 Å². The van der Waals surface area contributed by atoms with Crippen LogP contribution in [0, 0.1) is 6.92 Å². The van der Waals surface area contributed by atoms with Gasteiger partial charge >= 0.3 is 0 Å². The molecule has 1 unspecified atom stereocenters. The Hall–Kier alpha value is -0.640. The van der Waals surface area contributed by atoms with Gasteiger partial charge in [0, 0.05) is 8.95 Å². The van der Waals surface area contributed by atoms with Crippen molar-refractivity contribution in [3.8, 4) is 0 Å². The Labute approximate surface area is 125 Å². The molecule has 0 heterocycles. The highest BCUT2D eigenvalue weighted by molar-refractivity contribution is 9.11. The van der Waals surface area contributed by atoms with Gasteiger partial charge < -0.3 is 5.32 Å². The summed E-state index contributed by atoms with van der Waals surface area (Å²) in [5.41, 5.74) is 3.85. The minimum Gasteiger partial charge on any atom is -0.309 e. The molecule has 94 valence electrons. The molecule has 2 aromatic carbocycles. The van der Waals surface area contributed by atoms with Gasteiger partial charge in [0.1, 0.15) is 0 Å². The minimum absolute atomic E-state index is 0.202. The first-order valence-corrected chi connectivity index (χ1v) is 7.40. The number of hydrogen-bond acceptors (Lipinski definition) is 1. The molecule has 0 saturated carbocycles. The third kappa shape index (κ3) is 2.85. The predicted molar refractivity (Wildman–Crippen MR) is 83.9 cm³/mol. The van der Waals surface area contributed by atoms with E-state index in [4.69, 9.17) is 0 Å². The number of rotatable bonds is 3. The Balaban J connectivity index is 2.49. The van der Waals surface area contributed by atoms with Crippen LogP contribution in [0.1, 0.15) is 22.7 Å². The van der Waals surface area contributed by atoms with E-state index in [2.05, 4.69) is 86.6 Å². The van der Waals surface area contributed by atoms with Crippen molar-refractivity contribution in [1.82, 2.24) is 5.32 Å². The van der Waals surface area contributed by atoms with Crippen LogP contribution < -0.4 is 5.32 Å². The molecule has 1 N–H and O–H groups in total. The van der Waals surface area contributed by atoms with E-state index in [0.717, 1.165) is 8.95 Å². The highest BCUT2D eigenvalue weighted by atomic mass is 79.9. The lowest BCUT2D eigenvalue weighted by Crippen LogP contribution is -2.19. The van der Waals surface area contributed by atoms with Gasteiger partial charge in [-0.2, -0.15) is 0 Å². The van der Waals surface area contributed by atoms with Gasteiger partial charge in [0.2, 0.25) is 0 Å². The summed E-state index contributed by atoms with van der Waals surface area (Å²) in [6.07, 6.45) is 0. The van der Waals surface area contributed by atoms with Gasteiger partial charge in [0.25, 0.3) is 0 Å². The average Bonchev–Trinajstić information content (AvgIpc) is 2.34. The molecule has 1 atom stereocenters. The molecule has 3 heteroatoms. The highest BCUT2D eigenvalue weighted by Crippen LogP contribution is 2.31. The Morgan fingerprint density at radius 2 is 1.72 bits per heavy atom. The maximum Gasteiger partial charge on any atom is 0.0588 e. The van der Waals surface area contributed by atoms with Crippen molar-refractivity contribution in [3.05, 3.63) is 68.1 Å². The van der Waals surface area contributed by atoms with Crippen molar-refractivity contribution in [2.24, 2.45) is 0 Å². The first kappa shape index (κ1) is 13.8. The molecule has 0 spiro atoms. The van der Waals surface area contributed by atoms with E-state index < -0.39 is 0 Å². The van der Waals surface area contributed by atoms with E-state index >= 15 is 0 Å². The van der Waals surface area contributed by atoms with Crippen LogP contribution in [0.2, 0.25) is 0 Å². The summed E-state index contributed by atoms with van der Waals surface area (Å²) in [5, 5.41) is 3.39. The zero-order valence-corrected chi connectivity index (χ0v) is 13.5. The molecular weight excluding hydrogens is 354 g/mol. The van der Waals surface area contributed by atoms with Crippen LogP contribution >= 0.6 is 31.9 Å². The number of aryl methyl sites for hydroxylation is 1. The molecule has 0 radical (unpaired) electrons. The molecule has 1 nitrogen and oxygen atoms in total. The van der Waals surface area contributed by atoms with Crippen molar-refractivity contribution in [2.45, 2.75) is 13.0 Å². The van der Waals surface area contributed by atoms with Crippen LogP contribution in [-0.2, 0) is 0 Å². The van der Waals surface area contributed by atoms with Crippen LogP contribution in [0.5, 0.6) is 0 Å². The van der Waals surface area contributed by atoms with Gasteiger partial charge in [0.05, 0.1) is 6.04 Å². The monoisotopic (exact) mass is 367 g/mol. The Morgan fingerprint density at radius 3 is 2.33 bits per heavy atom. The fourth-order valence-electron chi connectivity index (χ4n) is 2.12. The smallest absolute Gasteiger partial charge is 0.0588 e. The molecule has 0 aliphatic rings. The molecule has 18 heavy (non-hydrogen) atoms. The van der Waals surface area contributed by atoms with E-state index in [1.807, 2.05) is 7.05 Å². The number of halogens is 2. The quantitative estimate of drug-likeness (QED) is 0.818. The normalized spacial score (nSPS) is 12.4. The van der Waals surface area contributed by atoms with Gasteiger partial charge in [-0.15, -0.1) is 0 Å². The SMILES string of the molecule is CNC(c1ccccc1C)c1ccc(Br)cc1Br. The summed E-state index contributed by atoms with van der Waals surface area (Å²) < 4.78 is 2.19. The maximum absolute atomic E-state index is 3.64. The van der Waals surface area contributed by atoms with Crippen LogP contribution in [0.4, 0.5) is 0 Å². The topological polar surface area (TPSA) is 12.0 Å². The summed E-state index contributed by atoms with van der Waals surface area (Å²) in [7, 11) is 1.99. The van der Waals surface area contributed by atoms with Crippen molar-refractivity contribution in [1.29, 1.82) is 0 Å². The number of nitrogens with one attached hydrogen (secondary N) is 1. The first-order valence-electron chi connectivity index (χ1n) is 5.81. The number of hydrogen-bond donors (Lipinski definition) is 1. The Morgan fingerprint density at radius 1 is 1.00 bits per heavy atom. The Bertz CT molecular complexity index is 552. The summed E-state index contributed by atoms with van der Waals surface area (Å²) in [5.74, 6) is 0. The predicted octanol–water partition coefficient (Wildman–Crippen LogP) is 4.83. The van der Waals surface area contributed by atoms with E-state index in [9.17, 15) is 0 Å². The second kappa shape index (κ2) is 6.00. The van der Waals surface area contributed by atoms with Gasteiger partial charge in [0.15, 0.2) is 0 Å². The lowest BCUT2D eigenvalue weighted by atomic mass is 9.95. The molecule has 0 aliphatic heterocycles. The van der Waals surface area contributed by atoms with E-state index in [1.54, 1.807) is 0 Å². The summed E-state index contributed by atoms with van der Waals surface area (Å²) in [4.78, 5) is 0. The standard InChI is InChI=1S/C15H15Br2N/c1-10-5-3-4-6-12(10)15(18-2)13-8-7-11(16)9-14(13)17/h3-9,15,18H,1-2H3. The van der Waals surface area contributed by atoms with Crippen molar-refractivity contribution >= 4 is 31.9 Å². The average molecular weight is 369 g/mol. The van der Waals surface area contributed by atoms with Gasteiger partial charge in [-0.3, -0.25) is 0 Å². The summed E-state index contributed by atoms with van der Waals surface area (Å²) in [6.45, 7) is 2.15. The lowest BCUT2D eigenvalue weighted by Gasteiger charge is -2.20. The fourth-order valence-corrected chi connectivity index (χ4v) is 3.40. The molecular formula is C15H15Br2N. The molecule has 2 rings (SSSR count). The third-order valence-electron chi connectivity index (χ3n) is 3.06. The van der Waals surface area contributed by atoms with Crippen LogP contribution in [-0.4, -0.2) is 7.05 Å². The molecule has 0 fully saturated rings. The highest BCUT2D eigenvalue weighted by Gasteiger charge is 2.16. The van der Waals surface area contributed by atoms with Crippen molar-refractivity contribution < 1.29 is 0 Å². The Kier molecular flexibility index (Phi) is 4.60. The van der Waals surface area contributed by atoms with E-state index in [-0.39, 0.29) is 6.04 Å². The zero-order valence-electron chi connectivity index (χ0n) is 10.4. The molecule has 0 amide bonds. The van der Waals surface area contributed by atoms with Crippen molar-refractivity contribution in [3.63, 3.8) is 0 Å². The first-order chi connectivity index (χ1) is 8.63. The van der Waals surface area contributed by atoms with Crippen LogP contribution in [0.3, 0.4) is 0 Å². The van der Waals surface area contributed by atoms with Crippen LogP contribution in [0.25, 0.3) is 0 Å². The molecule has 0 aromatic heterocycles. The summed E-state index contributed by atoms with van der Waals surface area (Å²) >= 11 is 7.13. The van der Waals surface area contributed by atoms with Crippen molar-refractivity contribution in [2.75, 3.05) is 7.05 Å². The van der Waals surface area contributed by atoms with Crippen LogP contribution in [0.15, 0.2) is 51.4 Å². The number of benzene rings is 2. The summed E-state index contributed by atoms with van der Waals surface area (Å²) in [6, 6.07) is 15.0. The molecule has 2 aromatic rings. The van der Waals surface area contributed by atoms with E-state index in [0.29, 0.717) is 0 Å². The van der Waals surface area contributed by atoms with Gasteiger partial charge in [-0.1, -0.05) is 62.2 Å². The largest absolute Gasteiger partial charge is 0.309 e. The zero-order chi connectivity index (χ0) is 13.1.